The molecule has 0 heterocycles. The van der Waals surface area contributed by atoms with Gasteiger partial charge in [0.25, 0.3) is 0 Å². The molecule has 0 unspecified atom stereocenters. The number of anilines is 1. The molecule has 0 fully saturated rings. The van der Waals surface area contributed by atoms with Crippen molar-refractivity contribution in [2.45, 2.75) is 13.3 Å². The molecule has 0 saturated carbocycles. The summed E-state index contributed by atoms with van der Waals surface area (Å²) in [5.74, 6) is -0.865. The van der Waals surface area contributed by atoms with Gasteiger partial charge in [0.05, 0.1) is 31.2 Å². The third-order valence-corrected chi connectivity index (χ3v) is 4.59. The first-order valence-electron chi connectivity index (χ1n) is 10.8. The van der Waals surface area contributed by atoms with Gasteiger partial charge in [0.2, 0.25) is 0 Å². The maximum atomic E-state index is 12.3. The number of amides is 2. The van der Waals surface area contributed by atoms with Crippen molar-refractivity contribution in [2.24, 2.45) is 5.10 Å². The van der Waals surface area contributed by atoms with Crippen molar-refractivity contribution < 1.29 is 28.6 Å². The third kappa shape index (κ3) is 7.43. The van der Waals surface area contributed by atoms with Crippen molar-refractivity contribution in [1.29, 1.82) is 0 Å². The monoisotopic (exact) mass is 475 g/mol. The van der Waals surface area contributed by atoms with Crippen LogP contribution in [0, 0.1) is 0 Å². The number of benzene rings is 3. The van der Waals surface area contributed by atoms with Crippen LogP contribution in [0.3, 0.4) is 0 Å². The number of nitrogens with zero attached hydrogens (tertiary/aromatic N) is 1. The smallest absolute Gasteiger partial charge is 0.343 e. The van der Waals surface area contributed by atoms with Crippen LogP contribution >= 0.6 is 0 Å². The Hall–Kier alpha value is -4.66. The van der Waals surface area contributed by atoms with E-state index in [9.17, 15) is 14.4 Å². The van der Waals surface area contributed by atoms with Gasteiger partial charge in [-0.15, -0.1) is 0 Å². The number of esters is 1. The molecule has 3 aromatic rings. The van der Waals surface area contributed by atoms with Gasteiger partial charge in [0, 0.05) is 0 Å². The lowest BCUT2D eigenvalue weighted by molar-refractivity contribution is -0.136. The van der Waals surface area contributed by atoms with Gasteiger partial charge in [-0.3, -0.25) is 9.59 Å². The van der Waals surface area contributed by atoms with Gasteiger partial charge in [-0.1, -0.05) is 19.1 Å². The Labute approximate surface area is 202 Å². The molecule has 0 aliphatic carbocycles. The predicted molar refractivity (Wildman–Crippen MR) is 131 cm³/mol. The Balaban J connectivity index is 1.49. The number of methoxy groups -OCH3 is 1. The van der Waals surface area contributed by atoms with E-state index in [0.717, 1.165) is 6.42 Å². The zero-order chi connectivity index (χ0) is 25.0. The second-order valence-electron chi connectivity index (χ2n) is 7.18. The van der Waals surface area contributed by atoms with E-state index in [4.69, 9.17) is 14.2 Å². The summed E-state index contributed by atoms with van der Waals surface area (Å²) < 4.78 is 16.0. The van der Waals surface area contributed by atoms with Crippen LogP contribution in [0.25, 0.3) is 0 Å². The molecule has 35 heavy (non-hydrogen) atoms. The van der Waals surface area contributed by atoms with Crippen LogP contribution in [0.5, 0.6) is 17.2 Å². The summed E-state index contributed by atoms with van der Waals surface area (Å²) in [7, 11) is 1.46. The first-order valence-corrected chi connectivity index (χ1v) is 10.8. The highest BCUT2D eigenvalue weighted by molar-refractivity contribution is 6.39. The molecule has 0 radical (unpaired) electrons. The summed E-state index contributed by atoms with van der Waals surface area (Å²) in [6, 6.07) is 19.9. The van der Waals surface area contributed by atoms with Crippen LogP contribution in [-0.2, 0) is 9.59 Å². The SMILES string of the molecule is CCCOc1ccc(C(=O)Oc2ccc(C=NNC(=O)C(=O)Nc3ccccc3OC)cc2)cc1. The molecule has 3 aromatic carbocycles. The van der Waals surface area contributed by atoms with Gasteiger partial charge in [0.15, 0.2) is 0 Å². The second kappa shape index (κ2) is 12.5. The van der Waals surface area contributed by atoms with Gasteiger partial charge < -0.3 is 19.5 Å². The van der Waals surface area contributed by atoms with Crippen LogP contribution in [0.15, 0.2) is 77.9 Å². The molecule has 9 nitrogen and oxygen atoms in total. The number of nitrogens with one attached hydrogen (secondary N) is 2. The van der Waals surface area contributed by atoms with Gasteiger partial charge in [-0.25, -0.2) is 10.2 Å². The molecule has 0 spiro atoms. The van der Waals surface area contributed by atoms with Crippen molar-refractivity contribution >= 4 is 29.7 Å². The lowest BCUT2D eigenvalue weighted by Gasteiger charge is -2.08. The quantitative estimate of drug-likeness (QED) is 0.160. The van der Waals surface area contributed by atoms with Gasteiger partial charge in [-0.2, -0.15) is 5.10 Å². The average molecular weight is 476 g/mol. The van der Waals surface area contributed by atoms with Crippen molar-refractivity contribution in [3.05, 3.63) is 83.9 Å². The lowest BCUT2D eigenvalue weighted by Crippen LogP contribution is -2.32. The summed E-state index contributed by atoms with van der Waals surface area (Å²) in [4.78, 5) is 36.3. The third-order valence-electron chi connectivity index (χ3n) is 4.59. The van der Waals surface area contributed by atoms with Crippen LogP contribution < -0.4 is 25.0 Å². The number of carbonyl (C=O) groups is 3. The Morgan fingerprint density at radius 3 is 2.26 bits per heavy atom. The highest BCUT2D eigenvalue weighted by Gasteiger charge is 2.15. The van der Waals surface area contributed by atoms with Gasteiger partial charge in [-0.05, 0) is 72.6 Å². The fourth-order valence-corrected chi connectivity index (χ4v) is 2.84. The molecule has 0 aliphatic rings. The molecule has 0 atom stereocenters. The van der Waals surface area contributed by atoms with Crippen molar-refractivity contribution in [1.82, 2.24) is 5.43 Å². The van der Waals surface area contributed by atoms with Crippen molar-refractivity contribution in [3.8, 4) is 17.2 Å². The maximum Gasteiger partial charge on any atom is 0.343 e. The van der Waals surface area contributed by atoms with E-state index in [-0.39, 0.29) is 0 Å². The lowest BCUT2D eigenvalue weighted by atomic mass is 10.2. The van der Waals surface area contributed by atoms with E-state index < -0.39 is 17.8 Å². The highest BCUT2D eigenvalue weighted by Crippen LogP contribution is 2.22. The molecule has 2 N–H and O–H groups in total. The Morgan fingerprint density at radius 1 is 0.886 bits per heavy atom. The van der Waals surface area contributed by atoms with Crippen molar-refractivity contribution in [2.75, 3.05) is 19.0 Å². The number of carbonyl (C=O) groups excluding carboxylic acids is 3. The number of hydrazone groups is 1. The number of para-hydroxylation sites is 2. The molecular weight excluding hydrogens is 450 g/mol. The zero-order valence-corrected chi connectivity index (χ0v) is 19.3. The summed E-state index contributed by atoms with van der Waals surface area (Å²) in [6.45, 7) is 2.63. The van der Waals surface area contributed by atoms with E-state index in [1.807, 2.05) is 6.92 Å². The minimum atomic E-state index is -0.941. The minimum absolute atomic E-state index is 0.346. The second-order valence-corrected chi connectivity index (χ2v) is 7.18. The topological polar surface area (TPSA) is 115 Å². The molecule has 0 aromatic heterocycles. The van der Waals surface area contributed by atoms with E-state index in [2.05, 4.69) is 15.8 Å². The van der Waals surface area contributed by atoms with Crippen molar-refractivity contribution in [3.63, 3.8) is 0 Å². The molecule has 0 aliphatic heterocycles. The molecule has 0 bridgehead atoms. The van der Waals surface area contributed by atoms with E-state index >= 15 is 0 Å². The van der Waals surface area contributed by atoms with Crippen LogP contribution in [-0.4, -0.2) is 37.7 Å². The van der Waals surface area contributed by atoms with Crippen LogP contribution in [0.1, 0.15) is 29.3 Å². The summed E-state index contributed by atoms with van der Waals surface area (Å²) in [5, 5.41) is 6.23. The predicted octanol–water partition coefficient (Wildman–Crippen LogP) is 3.79. The minimum Gasteiger partial charge on any atom is -0.495 e. The molecule has 0 saturated heterocycles. The molecule has 3 rings (SSSR count). The summed E-state index contributed by atoms with van der Waals surface area (Å²) >= 11 is 0. The molecule has 180 valence electrons. The first kappa shape index (κ1) is 25.0. The van der Waals surface area contributed by atoms with Crippen LogP contribution in [0.2, 0.25) is 0 Å². The number of ether oxygens (including phenoxy) is 3. The van der Waals surface area contributed by atoms with Gasteiger partial charge >= 0.3 is 17.8 Å². The number of hydrogen-bond acceptors (Lipinski definition) is 7. The Bertz CT molecular complexity index is 1190. The summed E-state index contributed by atoms with van der Waals surface area (Å²) in [6.07, 6.45) is 2.25. The van der Waals surface area contributed by atoms with Gasteiger partial charge in [0.1, 0.15) is 17.2 Å². The zero-order valence-electron chi connectivity index (χ0n) is 19.3. The molecule has 2 amide bonds. The average Bonchev–Trinajstić information content (AvgIpc) is 2.89. The Morgan fingerprint density at radius 2 is 1.57 bits per heavy atom. The Kier molecular flexibility index (Phi) is 8.95. The number of rotatable bonds is 9. The number of hydrogen-bond donors (Lipinski definition) is 2. The molecule has 9 heteroatoms. The fraction of sp³-hybridized carbons (Fsp3) is 0.154. The van der Waals surface area contributed by atoms with E-state index in [0.29, 0.717) is 40.7 Å². The molecular formula is C26H25N3O6. The van der Waals surface area contributed by atoms with E-state index in [1.165, 1.54) is 13.3 Å². The summed E-state index contributed by atoms with van der Waals surface area (Å²) in [5.41, 5.74) is 3.54. The normalized spacial score (nSPS) is 10.5. The largest absolute Gasteiger partial charge is 0.495 e. The van der Waals surface area contributed by atoms with E-state index in [1.54, 1.807) is 72.8 Å². The fourth-order valence-electron chi connectivity index (χ4n) is 2.84. The van der Waals surface area contributed by atoms with Crippen LogP contribution in [0.4, 0.5) is 5.69 Å². The maximum absolute atomic E-state index is 12.3. The first-order chi connectivity index (χ1) is 17.0. The standard InChI is InChI=1S/C26H25N3O6/c1-3-16-34-20-14-10-19(11-15-20)26(32)35-21-12-8-18(9-13-21)17-27-29-25(31)24(30)28-22-6-4-5-7-23(22)33-2/h4-15,17H,3,16H2,1-2H3,(H,28,30)(H,29,31). The highest BCUT2D eigenvalue weighted by atomic mass is 16.5.